The van der Waals surface area contributed by atoms with Gasteiger partial charge >= 0.3 is 0 Å². The standard InChI is InChI=1S/C19H26N2O/c1-22-18-11-9-15(10-12-18)19(14-17-8-5-13-20-17)21-16-6-3-2-4-7-16/h9-12,14,16,20H,2-8,13H2,1H3/b17-14-,21-19?. The van der Waals surface area contributed by atoms with E-state index in [4.69, 9.17) is 9.73 Å². The molecule has 0 atom stereocenters. The van der Waals surface area contributed by atoms with Crippen LogP contribution in [0.15, 0.2) is 41.0 Å². The molecule has 0 spiro atoms. The normalized spacial score (nSPS) is 21.9. The van der Waals surface area contributed by atoms with Gasteiger partial charge < -0.3 is 10.1 Å². The van der Waals surface area contributed by atoms with Gasteiger partial charge in [-0.15, -0.1) is 0 Å². The molecule has 1 aliphatic heterocycles. The average molecular weight is 298 g/mol. The maximum Gasteiger partial charge on any atom is 0.118 e. The Morgan fingerprint density at radius 2 is 1.91 bits per heavy atom. The third-order valence-corrected chi connectivity index (χ3v) is 4.57. The molecular weight excluding hydrogens is 272 g/mol. The average Bonchev–Trinajstić information content (AvgIpc) is 3.08. The minimum Gasteiger partial charge on any atom is -0.497 e. The minimum absolute atomic E-state index is 0.490. The van der Waals surface area contributed by atoms with Crippen LogP contribution in [0.1, 0.15) is 50.5 Å². The van der Waals surface area contributed by atoms with E-state index in [0.717, 1.165) is 24.4 Å². The summed E-state index contributed by atoms with van der Waals surface area (Å²) in [5.41, 5.74) is 3.64. The molecule has 1 saturated heterocycles. The smallest absolute Gasteiger partial charge is 0.118 e. The zero-order chi connectivity index (χ0) is 15.2. The van der Waals surface area contributed by atoms with E-state index in [1.54, 1.807) is 7.11 Å². The van der Waals surface area contributed by atoms with Crippen molar-refractivity contribution < 1.29 is 4.74 Å². The molecule has 2 fully saturated rings. The van der Waals surface area contributed by atoms with E-state index in [9.17, 15) is 0 Å². The van der Waals surface area contributed by atoms with Crippen molar-refractivity contribution in [2.24, 2.45) is 4.99 Å². The van der Waals surface area contributed by atoms with Crippen molar-refractivity contribution in [1.29, 1.82) is 0 Å². The molecule has 22 heavy (non-hydrogen) atoms. The fraction of sp³-hybridized carbons (Fsp3) is 0.526. The Balaban J connectivity index is 1.86. The molecular formula is C19H26N2O. The Bertz CT molecular complexity index is 531. The molecule has 118 valence electrons. The largest absolute Gasteiger partial charge is 0.497 e. The van der Waals surface area contributed by atoms with Gasteiger partial charge in [0.1, 0.15) is 5.75 Å². The number of hydrogen-bond acceptors (Lipinski definition) is 3. The van der Waals surface area contributed by atoms with Gasteiger partial charge in [-0.25, -0.2) is 0 Å². The summed E-state index contributed by atoms with van der Waals surface area (Å²) in [6.45, 7) is 1.09. The third kappa shape index (κ3) is 3.90. The Labute approximate surface area is 133 Å². The van der Waals surface area contributed by atoms with Crippen molar-refractivity contribution >= 4 is 5.71 Å². The molecule has 3 rings (SSSR count). The number of nitrogens with one attached hydrogen (secondary N) is 1. The Morgan fingerprint density at radius 3 is 2.55 bits per heavy atom. The summed E-state index contributed by atoms with van der Waals surface area (Å²) in [6, 6.07) is 8.77. The predicted octanol–water partition coefficient (Wildman–Crippen LogP) is 4.08. The summed E-state index contributed by atoms with van der Waals surface area (Å²) >= 11 is 0. The van der Waals surface area contributed by atoms with Crippen LogP contribution in [-0.2, 0) is 0 Å². The molecule has 1 aromatic carbocycles. The Hall–Kier alpha value is -1.77. The van der Waals surface area contributed by atoms with Crippen molar-refractivity contribution in [3.8, 4) is 5.75 Å². The summed E-state index contributed by atoms with van der Waals surface area (Å²) in [6.07, 6.45) is 11.1. The fourth-order valence-electron chi connectivity index (χ4n) is 3.27. The van der Waals surface area contributed by atoms with Crippen LogP contribution in [-0.4, -0.2) is 25.4 Å². The van der Waals surface area contributed by atoms with Gasteiger partial charge in [0, 0.05) is 12.2 Å². The first-order valence-corrected chi connectivity index (χ1v) is 8.52. The lowest BCUT2D eigenvalue weighted by atomic mass is 9.95. The minimum atomic E-state index is 0.490. The summed E-state index contributed by atoms with van der Waals surface area (Å²) in [5, 5.41) is 3.47. The van der Waals surface area contributed by atoms with Crippen molar-refractivity contribution in [2.75, 3.05) is 13.7 Å². The highest BCUT2D eigenvalue weighted by Crippen LogP contribution is 2.22. The van der Waals surface area contributed by atoms with Gasteiger partial charge in [0.05, 0.1) is 18.9 Å². The lowest BCUT2D eigenvalue weighted by molar-refractivity contribution is 0.415. The van der Waals surface area contributed by atoms with Crippen molar-refractivity contribution in [3.63, 3.8) is 0 Å². The van der Waals surface area contributed by atoms with Crippen LogP contribution >= 0.6 is 0 Å². The number of allylic oxidation sites excluding steroid dienone is 2. The van der Waals surface area contributed by atoms with Gasteiger partial charge in [0.15, 0.2) is 0 Å². The highest BCUT2D eigenvalue weighted by molar-refractivity contribution is 6.09. The second-order valence-corrected chi connectivity index (χ2v) is 6.23. The van der Waals surface area contributed by atoms with Gasteiger partial charge in [0.2, 0.25) is 0 Å². The topological polar surface area (TPSA) is 33.6 Å². The van der Waals surface area contributed by atoms with Gasteiger partial charge in [-0.2, -0.15) is 0 Å². The molecule has 3 heteroatoms. The van der Waals surface area contributed by atoms with E-state index in [2.05, 4.69) is 23.5 Å². The maximum atomic E-state index is 5.26. The number of methoxy groups -OCH3 is 1. The fourth-order valence-corrected chi connectivity index (χ4v) is 3.27. The number of aliphatic imine (C=N–C) groups is 1. The van der Waals surface area contributed by atoms with Crippen LogP contribution in [0, 0.1) is 0 Å². The van der Waals surface area contributed by atoms with Crippen LogP contribution in [0.2, 0.25) is 0 Å². The van der Waals surface area contributed by atoms with E-state index < -0.39 is 0 Å². The molecule has 3 nitrogen and oxygen atoms in total. The number of benzene rings is 1. The molecule has 1 heterocycles. The predicted molar refractivity (Wildman–Crippen MR) is 91.7 cm³/mol. The van der Waals surface area contributed by atoms with Crippen LogP contribution in [0.3, 0.4) is 0 Å². The third-order valence-electron chi connectivity index (χ3n) is 4.57. The zero-order valence-corrected chi connectivity index (χ0v) is 13.5. The van der Waals surface area contributed by atoms with E-state index in [-0.39, 0.29) is 0 Å². The van der Waals surface area contributed by atoms with Crippen molar-refractivity contribution in [1.82, 2.24) is 5.32 Å². The SMILES string of the molecule is COc1ccc(C(/C=C2/CCCN2)=NC2CCCCC2)cc1. The second-order valence-electron chi connectivity index (χ2n) is 6.23. The van der Waals surface area contributed by atoms with Crippen LogP contribution in [0.4, 0.5) is 0 Å². The summed E-state index contributed by atoms with van der Waals surface area (Å²) in [4.78, 5) is 5.08. The molecule has 0 bridgehead atoms. The van der Waals surface area contributed by atoms with Crippen LogP contribution in [0.5, 0.6) is 5.75 Å². The maximum absolute atomic E-state index is 5.26. The van der Waals surface area contributed by atoms with E-state index in [1.807, 2.05) is 12.1 Å². The number of ether oxygens (including phenoxy) is 1. The van der Waals surface area contributed by atoms with Crippen molar-refractivity contribution in [3.05, 3.63) is 41.6 Å². The number of rotatable bonds is 4. The molecule has 1 aromatic rings. The van der Waals surface area contributed by atoms with Gasteiger partial charge in [0.25, 0.3) is 0 Å². The van der Waals surface area contributed by atoms with Crippen LogP contribution in [0.25, 0.3) is 0 Å². The van der Waals surface area contributed by atoms with E-state index in [0.29, 0.717) is 6.04 Å². The van der Waals surface area contributed by atoms with Crippen LogP contribution < -0.4 is 10.1 Å². The summed E-state index contributed by atoms with van der Waals surface area (Å²) in [5.74, 6) is 0.896. The number of nitrogens with zero attached hydrogens (tertiary/aromatic N) is 1. The Kier molecular flexibility index (Phi) is 5.15. The van der Waals surface area contributed by atoms with Gasteiger partial charge in [-0.1, -0.05) is 19.3 Å². The summed E-state index contributed by atoms with van der Waals surface area (Å²) in [7, 11) is 1.70. The first-order chi connectivity index (χ1) is 10.8. The lowest BCUT2D eigenvalue weighted by Gasteiger charge is -2.19. The van der Waals surface area contributed by atoms with E-state index in [1.165, 1.54) is 49.8 Å². The summed E-state index contributed by atoms with van der Waals surface area (Å²) < 4.78 is 5.26. The second kappa shape index (κ2) is 7.48. The number of hydrogen-bond donors (Lipinski definition) is 1. The first kappa shape index (κ1) is 15.1. The Morgan fingerprint density at radius 1 is 1.14 bits per heavy atom. The molecule has 0 radical (unpaired) electrons. The molecule has 1 aliphatic carbocycles. The quantitative estimate of drug-likeness (QED) is 0.850. The molecule has 0 aromatic heterocycles. The van der Waals surface area contributed by atoms with Gasteiger partial charge in [-0.3, -0.25) is 4.99 Å². The van der Waals surface area contributed by atoms with E-state index >= 15 is 0 Å². The highest BCUT2D eigenvalue weighted by Gasteiger charge is 2.14. The van der Waals surface area contributed by atoms with Crippen molar-refractivity contribution in [2.45, 2.75) is 51.0 Å². The zero-order valence-electron chi connectivity index (χ0n) is 13.5. The molecule has 0 unspecified atom stereocenters. The molecule has 1 saturated carbocycles. The monoisotopic (exact) mass is 298 g/mol. The van der Waals surface area contributed by atoms with Gasteiger partial charge in [-0.05, 0) is 61.6 Å². The molecule has 1 N–H and O–H groups in total. The molecule has 2 aliphatic rings. The highest BCUT2D eigenvalue weighted by atomic mass is 16.5. The molecule has 0 amide bonds. The first-order valence-electron chi connectivity index (χ1n) is 8.52. The lowest BCUT2D eigenvalue weighted by Crippen LogP contribution is -2.14.